The van der Waals surface area contributed by atoms with Crippen molar-refractivity contribution >= 4 is 22.7 Å². The van der Waals surface area contributed by atoms with E-state index in [-0.39, 0.29) is 24.6 Å². The lowest BCUT2D eigenvalue weighted by Gasteiger charge is -2.03. The Morgan fingerprint density at radius 2 is 0.583 bits per heavy atom. The third kappa shape index (κ3) is 2010000. The van der Waals surface area contributed by atoms with E-state index in [1.54, 1.807) is 0 Å². The van der Waals surface area contributed by atoms with Crippen molar-refractivity contribution < 1.29 is 26.6 Å². The Morgan fingerprint density at radius 1 is 0.583 bits per heavy atom. The van der Waals surface area contributed by atoms with E-state index in [4.69, 9.17) is 26.6 Å². The predicted molar refractivity (Wildman–Crippen MR) is 43.3 cm³/mol. The molecular formula is H16N4O6S2. The Labute approximate surface area is 74.7 Å². The first-order valence-corrected chi connectivity index (χ1v) is 3.00. The minimum atomic E-state index is -3.11. The second kappa shape index (κ2) is 30.6. The van der Waals surface area contributed by atoms with E-state index in [1.807, 2.05) is 0 Å². The first-order chi connectivity index (χ1) is 3.46. The molecule has 0 fully saturated rings. The fourth-order valence-corrected chi connectivity index (χ4v) is 0. The van der Waals surface area contributed by atoms with Gasteiger partial charge in [-0.25, -0.2) is 0 Å². The summed E-state index contributed by atoms with van der Waals surface area (Å²) >= 11 is -6.22. The van der Waals surface area contributed by atoms with Crippen LogP contribution < -0.4 is 24.6 Å². The number of quaternary nitrogens is 4. The van der Waals surface area contributed by atoms with E-state index in [0.717, 1.165) is 0 Å². The summed E-state index contributed by atoms with van der Waals surface area (Å²) in [7, 11) is 0. The van der Waals surface area contributed by atoms with Crippen LogP contribution in [0.1, 0.15) is 0 Å². The molecule has 0 radical (unpaired) electrons. The summed E-state index contributed by atoms with van der Waals surface area (Å²) in [5.74, 6) is 0. The molecule has 0 saturated heterocycles. The molecule has 12 heavy (non-hydrogen) atoms. The van der Waals surface area contributed by atoms with Crippen molar-refractivity contribution in [1.29, 1.82) is 0 Å². The molecule has 0 unspecified atom stereocenters. The summed E-state index contributed by atoms with van der Waals surface area (Å²) in [5.41, 5.74) is 0. The van der Waals surface area contributed by atoms with Gasteiger partial charge in [0.1, 0.15) is 0 Å². The maximum atomic E-state index is 8.44. The summed E-state index contributed by atoms with van der Waals surface area (Å²) in [5, 5.41) is 0. The fraction of sp³-hybridized carbons (Fsp3) is 0. The van der Waals surface area contributed by atoms with Crippen molar-refractivity contribution in [3.63, 3.8) is 0 Å². The van der Waals surface area contributed by atoms with Crippen LogP contribution in [-0.2, 0) is 22.7 Å². The first-order valence-electron chi connectivity index (χ1n) is 1.00. The van der Waals surface area contributed by atoms with Crippen molar-refractivity contribution in [2.24, 2.45) is 0 Å². The van der Waals surface area contributed by atoms with E-state index in [2.05, 4.69) is 0 Å². The smallest absolute Gasteiger partial charge is 0.142 e. The van der Waals surface area contributed by atoms with Crippen LogP contribution in [-0.4, -0.2) is 26.6 Å². The molecule has 0 aliphatic carbocycles. The van der Waals surface area contributed by atoms with Crippen LogP contribution in [0.15, 0.2) is 0 Å². The molecule has 0 aliphatic heterocycles. The van der Waals surface area contributed by atoms with Crippen LogP contribution in [0.25, 0.3) is 0 Å². The minimum absolute atomic E-state index is 0. The monoisotopic (exact) mass is 232 g/mol. The fourth-order valence-electron chi connectivity index (χ4n) is 0. The zero-order chi connectivity index (χ0) is 7.15. The zero-order valence-electron chi connectivity index (χ0n) is 7.27. The molecule has 0 rings (SSSR count). The number of hydrogen-bond acceptors (Lipinski definition) is 6. The molecule has 0 atom stereocenters. The summed E-state index contributed by atoms with van der Waals surface area (Å²) < 4.78 is 50.7. The Kier molecular flexibility index (Phi) is 103. The third-order valence-corrected chi connectivity index (χ3v) is 0. The third-order valence-electron chi connectivity index (χ3n) is 0. The van der Waals surface area contributed by atoms with Crippen LogP contribution >= 0.6 is 0 Å². The van der Waals surface area contributed by atoms with Gasteiger partial charge in [0, 0.05) is 0 Å². The van der Waals surface area contributed by atoms with Crippen molar-refractivity contribution in [2.75, 3.05) is 0 Å². The van der Waals surface area contributed by atoms with Crippen molar-refractivity contribution in [1.82, 2.24) is 24.6 Å². The van der Waals surface area contributed by atoms with Gasteiger partial charge >= 0.3 is 0 Å². The molecule has 12 heteroatoms. The summed E-state index contributed by atoms with van der Waals surface area (Å²) in [4.78, 5) is 0. The highest BCUT2D eigenvalue weighted by molar-refractivity contribution is 7.73. The first kappa shape index (κ1) is 40.4. The van der Waals surface area contributed by atoms with Gasteiger partial charge in [-0.15, -0.1) is 22.7 Å². The van der Waals surface area contributed by atoms with Crippen LogP contribution in [0.2, 0.25) is 0 Å². The molecule has 0 saturated carbocycles. The maximum absolute atomic E-state index is 8.44. The summed E-state index contributed by atoms with van der Waals surface area (Å²) in [6.45, 7) is 0. The topological polar surface area (TPSA) is 272 Å². The molecule has 10 nitrogen and oxygen atoms in total. The molecule has 0 aromatic carbocycles. The Balaban J connectivity index is -0.0000000112. The highest BCUT2D eigenvalue weighted by Crippen LogP contribution is 1.43. The average molecular weight is 232 g/mol. The lowest BCUT2D eigenvalue weighted by molar-refractivity contribution is 0.417. The van der Waals surface area contributed by atoms with Gasteiger partial charge in [-0.3, -0.25) is 8.42 Å². The largest absolute Gasteiger partial charge is 0.784 e. The van der Waals surface area contributed by atoms with Crippen molar-refractivity contribution in [3.05, 3.63) is 0 Å². The van der Waals surface area contributed by atoms with E-state index in [0.29, 0.717) is 0 Å². The second-order valence-electron chi connectivity index (χ2n) is 0.408. The van der Waals surface area contributed by atoms with Crippen LogP contribution in [0.3, 0.4) is 0 Å². The maximum Gasteiger partial charge on any atom is -0.142 e. The van der Waals surface area contributed by atoms with Gasteiger partial charge in [-0.2, -0.15) is 0 Å². The van der Waals surface area contributed by atoms with Crippen LogP contribution in [0, 0.1) is 0 Å². The normalized spacial score (nSPS) is 5.83. The van der Waals surface area contributed by atoms with E-state index in [9.17, 15) is 0 Å². The molecule has 0 bridgehead atoms. The van der Waals surface area contributed by atoms with Gasteiger partial charge in [0.25, 0.3) is 0 Å². The highest BCUT2D eigenvalue weighted by atomic mass is 32.2. The van der Waals surface area contributed by atoms with Gasteiger partial charge < -0.3 is 42.8 Å². The Hall–Kier alpha value is -0.0200. The second-order valence-corrected chi connectivity index (χ2v) is 1.22. The van der Waals surface area contributed by atoms with Gasteiger partial charge in [0.2, 0.25) is 0 Å². The summed E-state index contributed by atoms with van der Waals surface area (Å²) in [6, 6.07) is 0. The number of hydrogen-bond donors (Lipinski definition) is 4. The lowest BCUT2D eigenvalue weighted by atomic mass is 14.0. The molecule has 0 aliphatic rings. The SMILES string of the molecule is O=S([O-])[O-].O=S([O-])[O-].[NH4+].[NH4+].[NH4+].[NH4+]. The zero-order valence-corrected chi connectivity index (χ0v) is 8.90. The van der Waals surface area contributed by atoms with E-state index >= 15 is 0 Å². The van der Waals surface area contributed by atoms with E-state index in [1.165, 1.54) is 0 Å². The van der Waals surface area contributed by atoms with Crippen LogP contribution in [0.4, 0.5) is 0 Å². The quantitative estimate of drug-likeness (QED) is 0.398. The standard InChI is InChI=1S/4H3N.2H2O3S/c;;;;2*1-4(2)3/h4*1H3;2*(H2,1,2,3). The minimum Gasteiger partial charge on any atom is -0.784 e. The van der Waals surface area contributed by atoms with Crippen molar-refractivity contribution in [2.45, 2.75) is 0 Å². The van der Waals surface area contributed by atoms with Gasteiger partial charge in [-0.05, 0) is 0 Å². The molecule has 0 aromatic heterocycles. The van der Waals surface area contributed by atoms with Gasteiger partial charge in [0.15, 0.2) is 0 Å². The molecule has 0 aromatic rings. The van der Waals surface area contributed by atoms with Gasteiger partial charge in [0.05, 0.1) is 0 Å². The molecule has 84 valence electrons. The molecule has 0 heterocycles. The molecule has 0 amide bonds. The van der Waals surface area contributed by atoms with Gasteiger partial charge in [-0.1, -0.05) is 0 Å². The van der Waals surface area contributed by atoms with Crippen molar-refractivity contribution in [3.8, 4) is 0 Å². The highest BCUT2D eigenvalue weighted by Gasteiger charge is 1.21. The predicted octanol–water partition coefficient (Wildman–Crippen LogP) is -0.503. The molecular weight excluding hydrogens is 216 g/mol. The average Bonchev–Trinajstić information content (AvgIpc) is 1.25. The Morgan fingerprint density at radius 3 is 0.583 bits per heavy atom. The van der Waals surface area contributed by atoms with Crippen LogP contribution in [0.5, 0.6) is 0 Å². The molecule has 0 spiro atoms. The van der Waals surface area contributed by atoms with E-state index < -0.39 is 22.7 Å². The molecule has 16 N–H and O–H groups in total. The number of rotatable bonds is 0. The lowest BCUT2D eigenvalue weighted by Crippen LogP contribution is -1.76. The Bertz CT molecular complexity index is 75.5. The summed E-state index contributed by atoms with van der Waals surface area (Å²) in [6.07, 6.45) is 0.